The molecule has 0 unspecified atom stereocenters. The highest BCUT2D eigenvalue weighted by Gasteiger charge is 2.21. The molecule has 0 aliphatic carbocycles. The fourth-order valence-corrected chi connectivity index (χ4v) is 2.54. The van der Waals surface area contributed by atoms with E-state index in [1.807, 2.05) is 17.0 Å². The summed E-state index contributed by atoms with van der Waals surface area (Å²) in [5.74, 6) is 0.319. The van der Waals surface area contributed by atoms with Crippen LogP contribution in [0.15, 0.2) is 24.3 Å². The Morgan fingerprint density at radius 1 is 1.16 bits per heavy atom. The summed E-state index contributed by atoms with van der Waals surface area (Å²) in [7, 11) is 1.38. The second kappa shape index (κ2) is 5.87. The molecule has 19 heavy (non-hydrogen) atoms. The number of esters is 1. The Morgan fingerprint density at radius 2 is 1.74 bits per heavy atom. The summed E-state index contributed by atoms with van der Waals surface area (Å²) in [5.41, 5.74) is 1.81. The number of piperidine rings is 1. The molecule has 1 aromatic carbocycles. The lowest BCUT2D eigenvalue weighted by atomic mass is 9.89. The minimum absolute atomic E-state index is 0.152. The second-order valence-electron chi connectivity index (χ2n) is 4.89. The van der Waals surface area contributed by atoms with Gasteiger partial charge in [-0.25, -0.2) is 4.79 Å². The number of likely N-dealkylation sites (tertiary alicyclic amines) is 1. The van der Waals surface area contributed by atoms with Gasteiger partial charge in [0.2, 0.25) is 5.91 Å². The van der Waals surface area contributed by atoms with Gasteiger partial charge in [-0.05, 0) is 36.5 Å². The van der Waals surface area contributed by atoms with Crippen molar-refractivity contribution in [3.63, 3.8) is 0 Å². The number of carbonyl (C=O) groups is 2. The van der Waals surface area contributed by atoms with Gasteiger partial charge >= 0.3 is 5.97 Å². The third-order valence-electron chi connectivity index (χ3n) is 3.74. The molecule has 0 atom stereocenters. The summed E-state index contributed by atoms with van der Waals surface area (Å²) < 4.78 is 4.68. The summed E-state index contributed by atoms with van der Waals surface area (Å²) in [5, 5.41) is 0. The number of methoxy groups -OCH3 is 1. The van der Waals surface area contributed by atoms with Crippen LogP contribution in [0.4, 0.5) is 0 Å². The van der Waals surface area contributed by atoms with Crippen LogP contribution in [0.1, 0.15) is 41.6 Å². The van der Waals surface area contributed by atoms with Crippen molar-refractivity contribution in [3.8, 4) is 0 Å². The molecule has 1 aliphatic heterocycles. The van der Waals surface area contributed by atoms with E-state index >= 15 is 0 Å². The first-order chi connectivity index (χ1) is 9.11. The molecule has 0 N–H and O–H groups in total. The molecule has 1 aromatic rings. The first kappa shape index (κ1) is 13.6. The SMILES string of the molecule is COC(=O)c1ccc(C2CCN(C(C)=O)CC2)cc1. The lowest BCUT2D eigenvalue weighted by Crippen LogP contribution is -2.36. The van der Waals surface area contributed by atoms with Crippen LogP contribution in [-0.2, 0) is 9.53 Å². The van der Waals surface area contributed by atoms with Crippen molar-refractivity contribution in [2.75, 3.05) is 20.2 Å². The van der Waals surface area contributed by atoms with Gasteiger partial charge in [0, 0.05) is 20.0 Å². The largest absolute Gasteiger partial charge is 0.465 e. The van der Waals surface area contributed by atoms with Crippen molar-refractivity contribution in [1.82, 2.24) is 4.90 Å². The Hall–Kier alpha value is -1.84. The molecular formula is C15H19NO3. The third kappa shape index (κ3) is 3.13. The van der Waals surface area contributed by atoms with E-state index in [1.54, 1.807) is 19.1 Å². The van der Waals surface area contributed by atoms with Crippen LogP contribution in [0.2, 0.25) is 0 Å². The van der Waals surface area contributed by atoms with Gasteiger partial charge in [0.15, 0.2) is 0 Å². The molecular weight excluding hydrogens is 242 g/mol. The monoisotopic (exact) mass is 261 g/mol. The minimum Gasteiger partial charge on any atom is -0.465 e. The Bertz CT molecular complexity index is 459. The van der Waals surface area contributed by atoms with E-state index in [1.165, 1.54) is 12.7 Å². The van der Waals surface area contributed by atoms with Crippen molar-refractivity contribution < 1.29 is 14.3 Å². The Kier molecular flexibility index (Phi) is 4.20. The Morgan fingerprint density at radius 3 is 2.21 bits per heavy atom. The van der Waals surface area contributed by atoms with Crippen molar-refractivity contribution in [1.29, 1.82) is 0 Å². The summed E-state index contributed by atoms with van der Waals surface area (Å²) in [6, 6.07) is 7.58. The number of hydrogen-bond donors (Lipinski definition) is 0. The zero-order chi connectivity index (χ0) is 13.8. The molecule has 2 rings (SSSR count). The van der Waals surface area contributed by atoms with Crippen molar-refractivity contribution in [2.45, 2.75) is 25.7 Å². The van der Waals surface area contributed by atoms with Crippen LogP contribution in [0.25, 0.3) is 0 Å². The van der Waals surface area contributed by atoms with Gasteiger partial charge in [-0.15, -0.1) is 0 Å². The molecule has 1 amide bonds. The molecule has 0 radical (unpaired) electrons. The van der Waals surface area contributed by atoms with Gasteiger partial charge in [-0.3, -0.25) is 4.79 Å². The normalized spacial score (nSPS) is 16.2. The van der Waals surface area contributed by atoms with E-state index in [-0.39, 0.29) is 11.9 Å². The standard InChI is InChI=1S/C15H19NO3/c1-11(17)16-9-7-13(8-10-16)12-3-5-14(6-4-12)15(18)19-2/h3-6,13H,7-10H2,1-2H3. The van der Waals surface area contributed by atoms with Crippen LogP contribution < -0.4 is 0 Å². The summed E-state index contributed by atoms with van der Waals surface area (Å²) >= 11 is 0. The smallest absolute Gasteiger partial charge is 0.337 e. The van der Waals surface area contributed by atoms with Crippen LogP contribution in [0, 0.1) is 0 Å². The van der Waals surface area contributed by atoms with E-state index in [4.69, 9.17) is 0 Å². The maximum Gasteiger partial charge on any atom is 0.337 e. The first-order valence-electron chi connectivity index (χ1n) is 6.55. The minimum atomic E-state index is -0.307. The van der Waals surface area contributed by atoms with E-state index in [0.29, 0.717) is 11.5 Å². The van der Waals surface area contributed by atoms with Crippen LogP contribution >= 0.6 is 0 Å². The maximum absolute atomic E-state index is 11.4. The van der Waals surface area contributed by atoms with Crippen molar-refractivity contribution >= 4 is 11.9 Å². The molecule has 1 heterocycles. The molecule has 0 saturated carbocycles. The lowest BCUT2D eigenvalue weighted by Gasteiger charge is -2.31. The number of nitrogens with zero attached hydrogens (tertiary/aromatic N) is 1. The molecule has 0 spiro atoms. The van der Waals surface area contributed by atoms with Crippen LogP contribution in [0.3, 0.4) is 0 Å². The van der Waals surface area contributed by atoms with Crippen molar-refractivity contribution in [3.05, 3.63) is 35.4 Å². The van der Waals surface area contributed by atoms with E-state index in [0.717, 1.165) is 25.9 Å². The number of amides is 1. The summed E-state index contributed by atoms with van der Waals surface area (Å²) in [6.45, 7) is 3.25. The molecule has 4 heteroatoms. The fourth-order valence-electron chi connectivity index (χ4n) is 2.54. The number of carbonyl (C=O) groups excluding carboxylic acids is 2. The number of hydrogen-bond acceptors (Lipinski definition) is 3. The van der Waals surface area contributed by atoms with Gasteiger partial charge < -0.3 is 9.64 Å². The predicted octanol–water partition coefficient (Wildman–Crippen LogP) is 2.20. The lowest BCUT2D eigenvalue weighted by molar-refractivity contribution is -0.129. The third-order valence-corrected chi connectivity index (χ3v) is 3.74. The van der Waals surface area contributed by atoms with Gasteiger partial charge in [0.25, 0.3) is 0 Å². The van der Waals surface area contributed by atoms with Crippen LogP contribution in [-0.4, -0.2) is 37.0 Å². The number of benzene rings is 1. The topological polar surface area (TPSA) is 46.6 Å². The van der Waals surface area contributed by atoms with Gasteiger partial charge in [0.05, 0.1) is 12.7 Å². The van der Waals surface area contributed by atoms with Crippen LogP contribution in [0.5, 0.6) is 0 Å². The second-order valence-corrected chi connectivity index (χ2v) is 4.89. The van der Waals surface area contributed by atoms with Crippen molar-refractivity contribution in [2.24, 2.45) is 0 Å². The summed E-state index contributed by atoms with van der Waals surface area (Å²) in [4.78, 5) is 24.5. The molecule has 0 bridgehead atoms. The number of rotatable bonds is 2. The van der Waals surface area contributed by atoms with Gasteiger partial charge in [-0.1, -0.05) is 12.1 Å². The molecule has 1 aliphatic rings. The Labute approximate surface area is 113 Å². The average molecular weight is 261 g/mol. The van der Waals surface area contributed by atoms with Gasteiger partial charge in [-0.2, -0.15) is 0 Å². The van der Waals surface area contributed by atoms with E-state index < -0.39 is 0 Å². The highest BCUT2D eigenvalue weighted by molar-refractivity contribution is 5.89. The highest BCUT2D eigenvalue weighted by atomic mass is 16.5. The zero-order valence-corrected chi connectivity index (χ0v) is 11.4. The number of ether oxygens (including phenoxy) is 1. The first-order valence-corrected chi connectivity index (χ1v) is 6.55. The summed E-state index contributed by atoms with van der Waals surface area (Å²) in [6.07, 6.45) is 1.97. The zero-order valence-electron chi connectivity index (χ0n) is 11.4. The molecule has 1 saturated heterocycles. The maximum atomic E-state index is 11.4. The average Bonchev–Trinajstić information content (AvgIpc) is 2.46. The molecule has 102 valence electrons. The van der Waals surface area contributed by atoms with E-state index in [2.05, 4.69) is 4.74 Å². The molecule has 4 nitrogen and oxygen atoms in total. The highest BCUT2D eigenvalue weighted by Crippen LogP contribution is 2.28. The Balaban J connectivity index is 2.00. The quantitative estimate of drug-likeness (QED) is 0.767. The fraction of sp³-hybridized carbons (Fsp3) is 0.467. The van der Waals surface area contributed by atoms with Gasteiger partial charge in [0.1, 0.15) is 0 Å². The molecule has 1 fully saturated rings. The van der Waals surface area contributed by atoms with E-state index in [9.17, 15) is 9.59 Å². The predicted molar refractivity (Wildman–Crippen MR) is 72.0 cm³/mol. The molecule has 0 aromatic heterocycles.